The van der Waals surface area contributed by atoms with E-state index < -0.39 is 34.4 Å². The van der Waals surface area contributed by atoms with E-state index in [1.165, 1.54) is 73.3 Å². The molecule has 0 bridgehead atoms. The molecule has 202 valence electrons. The van der Waals surface area contributed by atoms with Gasteiger partial charge in [0.2, 0.25) is 5.28 Å². The zero-order valence-electron chi connectivity index (χ0n) is 20.6. The van der Waals surface area contributed by atoms with Gasteiger partial charge < -0.3 is 19.5 Å². The fourth-order valence-electron chi connectivity index (χ4n) is 3.01. The molecule has 0 aliphatic heterocycles. The molecular formula is C23H24FN5O8S. The highest BCUT2D eigenvalue weighted by Gasteiger charge is 2.19. The van der Waals surface area contributed by atoms with Gasteiger partial charge in [-0.15, -0.1) is 5.01 Å². The minimum Gasteiger partial charge on any atom is -0.569 e. The van der Waals surface area contributed by atoms with Crippen molar-refractivity contribution in [1.29, 1.82) is 0 Å². The van der Waals surface area contributed by atoms with E-state index in [2.05, 4.69) is 20.0 Å². The molecule has 1 aromatic heterocycles. The summed E-state index contributed by atoms with van der Waals surface area (Å²) in [7, 11) is -2.06. The average molecular weight is 550 g/mol. The van der Waals surface area contributed by atoms with Crippen LogP contribution in [0.2, 0.25) is 0 Å². The molecule has 0 saturated heterocycles. The van der Waals surface area contributed by atoms with E-state index in [1.54, 1.807) is 0 Å². The Morgan fingerprint density at radius 3 is 2.39 bits per heavy atom. The Hall–Kier alpha value is -4.53. The maximum atomic E-state index is 13.5. The number of ether oxygens (including phenoxy) is 2. The fraction of sp³-hybridized carbons (Fsp3) is 0.261. The molecule has 0 aliphatic carbocycles. The molecule has 0 aliphatic rings. The van der Waals surface area contributed by atoms with E-state index in [0.717, 1.165) is 11.3 Å². The number of benzene rings is 2. The number of likely N-dealkylation sites (N-methyl/N-ethyl adjacent to an activating group) is 1. The van der Waals surface area contributed by atoms with Crippen LogP contribution in [0, 0.1) is 11.0 Å². The minimum atomic E-state index is -3.42. The summed E-state index contributed by atoms with van der Waals surface area (Å²) in [5, 5.41) is 20.3. The van der Waals surface area contributed by atoms with Gasteiger partial charge >= 0.3 is 11.9 Å². The fourth-order valence-corrected chi connectivity index (χ4v) is 3.64. The molecule has 3 rings (SSSR count). The van der Waals surface area contributed by atoms with Crippen molar-refractivity contribution in [3.63, 3.8) is 0 Å². The van der Waals surface area contributed by atoms with Crippen LogP contribution < -0.4 is 0 Å². The molecule has 38 heavy (non-hydrogen) atoms. The highest BCUT2D eigenvalue weighted by Crippen LogP contribution is 2.25. The maximum Gasteiger partial charge on any atom is 0.358 e. The number of hydrogen-bond donors (Lipinski definition) is 0. The van der Waals surface area contributed by atoms with Gasteiger partial charge in [-0.1, -0.05) is 0 Å². The molecular weight excluding hydrogens is 525 g/mol. The van der Waals surface area contributed by atoms with Crippen molar-refractivity contribution in [3.05, 3.63) is 71.3 Å². The van der Waals surface area contributed by atoms with Gasteiger partial charge in [0.25, 0.3) is 6.79 Å². The first-order valence-corrected chi connectivity index (χ1v) is 12.8. The van der Waals surface area contributed by atoms with Crippen molar-refractivity contribution in [2.75, 3.05) is 33.2 Å². The van der Waals surface area contributed by atoms with Crippen molar-refractivity contribution in [2.45, 2.75) is 11.8 Å². The summed E-state index contributed by atoms with van der Waals surface area (Å²) < 4.78 is 48.2. The van der Waals surface area contributed by atoms with Gasteiger partial charge in [-0.2, -0.15) is 5.10 Å². The Labute approximate surface area is 217 Å². The van der Waals surface area contributed by atoms with E-state index in [9.17, 15) is 27.6 Å². The number of carbonyl (C=O) groups is 2. The average Bonchev–Trinajstić information content (AvgIpc) is 3.32. The Bertz CT molecular complexity index is 1420. The van der Waals surface area contributed by atoms with Gasteiger partial charge in [0.1, 0.15) is 19.0 Å². The minimum absolute atomic E-state index is 0.0614. The summed E-state index contributed by atoms with van der Waals surface area (Å²) >= 11 is 0. The zero-order valence-corrected chi connectivity index (χ0v) is 21.4. The normalized spacial score (nSPS) is 11.6. The number of nitrogens with zero attached hydrogens (tertiary/aromatic N) is 5. The highest BCUT2D eigenvalue weighted by atomic mass is 32.2. The highest BCUT2D eigenvalue weighted by molar-refractivity contribution is 7.90. The van der Waals surface area contributed by atoms with Crippen LogP contribution >= 0.6 is 0 Å². The first-order valence-electron chi connectivity index (χ1n) is 10.9. The van der Waals surface area contributed by atoms with Gasteiger partial charge in [-0.3, -0.25) is 4.79 Å². The number of sulfone groups is 1. The second-order valence-corrected chi connectivity index (χ2v) is 9.85. The lowest BCUT2D eigenvalue weighted by molar-refractivity contribution is -0.706. The van der Waals surface area contributed by atoms with Crippen LogP contribution in [0.25, 0.3) is 16.9 Å². The van der Waals surface area contributed by atoms with Crippen LogP contribution in [0.4, 0.5) is 4.39 Å². The van der Waals surface area contributed by atoms with Crippen molar-refractivity contribution in [2.24, 2.45) is 5.28 Å². The van der Waals surface area contributed by atoms with Crippen molar-refractivity contribution in [1.82, 2.24) is 14.8 Å². The van der Waals surface area contributed by atoms with Crippen LogP contribution in [0.1, 0.15) is 17.4 Å². The molecule has 0 radical (unpaired) electrons. The largest absolute Gasteiger partial charge is 0.569 e. The molecule has 0 unspecified atom stereocenters. The first-order chi connectivity index (χ1) is 18.0. The van der Waals surface area contributed by atoms with Gasteiger partial charge in [0.05, 0.1) is 28.3 Å². The lowest BCUT2D eigenvalue weighted by Gasteiger charge is -2.12. The molecule has 15 heteroatoms. The Balaban J connectivity index is 1.75. The number of rotatable bonds is 11. The molecule has 0 fully saturated rings. The lowest BCUT2D eigenvalue weighted by atomic mass is 10.1. The number of hydrazine groups is 1. The predicted octanol–water partition coefficient (Wildman–Crippen LogP) is 2.50. The monoisotopic (exact) mass is 549 g/mol. The molecule has 0 N–H and O–H groups in total. The Morgan fingerprint density at radius 2 is 1.79 bits per heavy atom. The van der Waals surface area contributed by atoms with Crippen molar-refractivity contribution < 1.29 is 41.7 Å². The number of aromatic nitrogens is 2. The summed E-state index contributed by atoms with van der Waals surface area (Å²) in [5.74, 6) is -1.85. The summed E-state index contributed by atoms with van der Waals surface area (Å²) in [6.07, 6.45) is 1.08. The summed E-state index contributed by atoms with van der Waals surface area (Å²) in [6.45, 7) is 0.357. The molecule has 0 saturated carbocycles. The van der Waals surface area contributed by atoms with Crippen LogP contribution in [0.5, 0.6) is 0 Å². The zero-order chi connectivity index (χ0) is 27.9. The summed E-state index contributed by atoms with van der Waals surface area (Å²) in [6, 6.07) is 12.8. The third-order valence-electron chi connectivity index (χ3n) is 4.95. The summed E-state index contributed by atoms with van der Waals surface area (Å²) in [5.41, 5.74) is 1.35. The second-order valence-electron chi connectivity index (χ2n) is 7.83. The number of hydrogen-bond acceptors (Lipinski definition) is 10. The van der Waals surface area contributed by atoms with E-state index >= 15 is 0 Å². The maximum absolute atomic E-state index is 13.5. The molecule has 13 nitrogen and oxygen atoms in total. The predicted molar refractivity (Wildman–Crippen MR) is 129 cm³/mol. The van der Waals surface area contributed by atoms with E-state index in [4.69, 9.17) is 4.74 Å². The van der Waals surface area contributed by atoms with E-state index in [0.29, 0.717) is 16.9 Å². The van der Waals surface area contributed by atoms with Crippen LogP contribution in [0.15, 0.2) is 64.8 Å². The molecule has 0 spiro atoms. The molecule has 3 aromatic rings. The van der Waals surface area contributed by atoms with Crippen molar-refractivity contribution in [3.8, 4) is 16.9 Å². The number of halogens is 1. The smallest absolute Gasteiger partial charge is 0.358 e. The molecule has 0 amide bonds. The van der Waals surface area contributed by atoms with Gasteiger partial charge in [0, 0.05) is 18.7 Å². The molecule has 1 heterocycles. The van der Waals surface area contributed by atoms with Crippen molar-refractivity contribution >= 4 is 21.8 Å². The van der Waals surface area contributed by atoms with E-state index in [1.807, 2.05) is 0 Å². The van der Waals surface area contributed by atoms with Crippen LogP contribution in [0.3, 0.4) is 0 Å². The SMILES string of the molecule is CC(=O)OCO/N=[N+](/[O-])N(C)CCOC(=O)c1cc(-c2ccc(F)cc2)n(-c2ccc(S(C)(=O)=O)cc2)n1. The Kier molecular flexibility index (Phi) is 8.96. The standard InChI is InChI=1S/C23H24FN5O8S/c1-16(30)36-15-37-26-29(32)27(2)12-13-35-23(31)21-14-22(17-4-6-18(24)7-5-17)28(25-21)19-8-10-20(11-9-19)38(3,33)34/h4-11,14H,12-13,15H2,1-3H3/b29-26+. The van der Waals surface area contributed by atoms with Gasteiger partial charge in [-0.05, 0) is 54.6 Å². The first kappa shape index (κ1) is 28.0. The summed E-state index contributed by atoms with van der Waals surface area (Å²) in [4.78, 5) is 28.1. The molecule has 2 aromatic carbocycles. The number of esters is 2. The topological polar surface area (TPSA) is 155 Å². The second kappa shape index (κ2) is 12.1. The Morgan fingerprint density at radius 1 is 1.13 bits per heavy atom. The quantitative estimate of drug-likeness (QED) is 0.0870. The molecule has 0 atom stereocenters. The number of carbonyl (C=O) groups excluding carboxylic acids is 2. The van der Waals surface area contributed by atoms with Crippen LogP contribution in [-0.2, 0) is 28.9 Å². The van der Waals surface area contributed by atoms with Gasteiger partial charge in [-0.25, -0.2) is 22.3 Å². The van der Waals surface area contributed by atoms with E-state index in [-0.39, 0.29) is 28.7 Å². The lowest BCUT2D eigenvalue weighted by Crippen LogP contribution is -2.30. The third kappa shape index (κ3) is 7.49. The van der Waals surface area contributed by atoms with Crippen LogP contribution in [-0.4, -0.2) is 73.4 Å². The van der Waals surface area contributed by atoms with Gasteiger partial charge in [0.15, 0.2) is 15.5 Å². The third-order valence-corrected chi connectivity index (χ3v) is 6.08.